The number of carbonyl (C=O) groups excluding carboxylic acids is 1. The van der Waals surface area contributed by atoms with Crippen molar-refractivity contribution in [3.05, 3.63) is 112 Å². The van der Waals surface area contributed by atoms with Gasteiger partial charge in [0.2, 0.25) is 5.91 Å². The highest BCUT2D eigenvalue weighted by molar-refractivity contribution is 7.80. The van der Waals surface area contributed by atoms with E-state index in [-0.39, 0.29) is 18.0 Å². The maximum absolute atomic E-state index is 13.1. The number of pyridine rings is 1. The standard InChI is InChI=1S/C33H37N5OS/c1-20-10-12-22(3)28(17-20)35-30(39)14-16-37-32(31(36-33(37)40)27-9-7-8-15-34-27)26-19-24(5)38(25(26)6)29-18-21(2)11-13-23(29)4/h7-13,15,17-19,31-32H,14,16H2,1-6H3,(H,35,39)(H,36,40). The topological polar surface area (TPSA) is 62.2 Å². The van der Waals surface area contributed by atoms with Gasteiger partial charge < -0.3 is 20.1 Å². The third kappa shape index (κ3) is 5.39. The van der Waals surface area contributed by atoms with Crippen molar-refractivity contribution in [2.75, 3.05) is 11.9 Å². The molecular weight excluding hydrogens is 514 g/mol. The molecular formula is C33H37N5OS. The van der Waals surface area contributed by atoms with Gasteiger partial charge in [0.25, 0.3) is 0 Å². The number of anilines is 1. The van der Waals surface area contributed by atoms with Crippen molar-refractivity contribution in [2.24, 2.45) is 0 Å². The summed E-state index contributed by atoms with van der Waals surface area (Å²) in [6.45, 7) is 13.1. The first kappa shape index (κ1) is 27.6. The molecule has 40 heavy (non-hydrogen) atoms. The van der Waals surface area contributed by atoms with Crippen molar-refractivity contribution in [1.82, 2.24) is 19.8 Å². The van der Waals surface area contributed by atoms with Crippen LogP contribution in [0.25, 0.3) is 5.69 Å². The van der Waals surface area contributed by atoms with Crippen LogP contribution in [0.3, 0.4) is 0 Å². The van der Waals surface area contributed by atoms with Gasteiger partial charge in [-0.05, 0) is 112 Å². The monoisotopic (exact) mass is 551 g/mol. The van der Waals surface area contributed by atoms with Crippen LogP contribution in [0.1, 0.15) is 63.4 Å². The Kier molecular flexibility index (Phi) is 7.76. The molecule has 0 aliphatic carbocycles. The Morgan fingerprint density at radius 2 is 1.68 bits per heavy atom. The van der Waals surface area contributed by atoms with Gasteiger partial charge in [0, 0.05) is 41.9 Å². The predicted molar refractivity (Wildman–Crippen MR) is 166 cm³/mol. The first-order valence-electron chi connectivity index (χ1n) is 13.8. The zero-order chi connectivity index (χ0) is 28.6. The fourth-order valence-electron chi connectivity index (χ4n) is 5.71. The van der Waals surface area contributed by atoms with E-state index in [2.05, 4.69) is 83.1 Å². The zero-order valence-electron chi connectivity index (χ0n) is 24.1. The van der Waals surface area contributed by atoms with Gasteiger partial charge in [-0.3, -0.25) is 9.78 Å². The molecule has 1 saturated heterocycles. The fourth-order valence-corrected chi connectivity index (χ4v) is 6.04. The average molecular weight is 552 g/mol. The predicted octanol–water partition coefficient (Wildman–Crippen LogP) is 6.72. The summed E-state index contributed by atoms with van der Waals surface area (Å²) in [7, 11) is 0. The maximum Gasteiger partial charge on any atom is 0.226 e. The number of hydrogen-bond acceptors (Lipinski definition) is 3. The van der Waals surface area contributed by atoms with E-state index in [0.29, 0.717) is 18.1 Å². The molecule has 0 saturated carbocycles. The maximum atomic E-state index is 13.1. The lowest BCUT2D eigenvalue weighted by Gasteiger charge is -2.28. The number of thiocarbonyl (C=S) groups is 1. The molecule has 2 aromatic carbocycles. The highest BCUT2D eigenvalue weighted by Gasteiger charge is 2.41. The Hall–Kier alpha value is -3.97. The Labute approximate surface area is 242 Å². The van der Waals surface area contributed by atoms with Gasteiger partial charge in [-0.25, -0.2) is 0 Å². The van der Waals surface area contributed by atoms with Crippen LogP contribution in [0.15, 0.2) is 66.9 Å². The highest BCUT2D eigenvalue weighted by atomic mass is 32.1. The van der Waals surface area contributed by atoms with Gasteiger partial charge in [0.15, 0.2) is 5.11 Å². The van der Waals surface area contributed by atoms with Crippen molar-refractivity contribution in [2.45, 2.75) is 60.0 Å². The summed E-state index contributed by atoms with van der Waals surface area (Å²) >= 11 is 5.88. The molecule has 7 heteroatoms. The summed E-state index contributed by atoms with van der Waals surface area (Å²) in [5.74, 6) is -0.0302. The molecule has 1 amide bonds. The first-order chi connectivity index (χ1) is 19.1. The van der Waals surface area contributed by atoms with Gasteiger partial charge in [-0.1, -0.05) is 30.3 Å². The van der Waals surface area contributed by atoms with Crippen molar-refractivity contribution in [3.8, 4) is 5.69 Å². The molecule has 2 atom stereocenters. The minimum Gasteiger partial charge on any atom is -0.352 e. The van der Waals surface area contributed by atoms with Crippen molar-refractivity contribution in [1.29, 1.82) is 0 Å². The quantitative estimate of drug-likeness (QED) is 0.250. The molecule has 2 aromatic heterocycles. The summed E-state index contributed by atoms with van der Waals surface area (Å²) in [4.78, 5) is 19.9. The van der Waals surface area contributed by atoms with Crippen LogP contribution in [0, 0.1) is 41.5 Å². The first-order valence-corrected chi connectivity index (χ1v) is 14.2. The van der Waals surface area contributed by atoms with Crippen LogP contribution in [0.4, 0.5) is 5.69 Å². The Morgan fingerprint density at radius 3 is 2.40 bits per heavy atom. The average Bonchev–Trinajstić information content (AvgIpc) is 3.41. The lowest BCUT2D eigenvalue weighted by atomic mass is 9.96. The van der Waals surface area contributed by atoms with Gasteiger partial charge in [-0.15, -0.1) is 0 Å². The summed E-state index contributed by atoms with van der Waals surface area (Å²) in [6, 6.07) is 20.6. The molecule has 0 radical (unpaired) electrons. The Bertz CT molecular complexity index is 1580. The highest BCUT2D eigenvalue weighted by Crippen LogP contribution is 2.41. The molecule has 2 unspecified atom stereocenters. The van der Waals surface area contributed by atoms with Crippen LogP contribution in [0.5, 0.6) is 0 Å². The van der Waals surface area contributed by atoms with Crippen LogP contribution in [-0.2, 0) is 4.79 Å². The summed E-state index contributed by atoms with van der Waals surface area (Å²) < 4.78 is 2.33. The molecule has 0 spiro atoms. The van der Waals surface area contributed by atoms with Crippen LogP contribution in [0.2, 0.25) is 0 Å². The number of benzene rings is 2. The van der Waals surface area contributed by atoms with Gasteiger partial charge in [0.1, 0.15) is 0 Å². The summed E-state index contributed by atoms with van der Waals surface area (Å²) in [5, 5.41) is 7.26. The molecule has 3 heterocycles. The minimum atomic E-state index is -0.136. The minimum absolute atomic E-state index is 0.0302. The third-order valence-electron chi connectivity index (χ3n) is 7.84. The zero-order valence-corrected chi connectivity index (χ0v) is 24.9. The van der Waals surface area contributed by atoms with Crippen molar-refractivity contribution < 1.29 is 4.79 Å². The van der Waals surface area contributed by atoms with E-state index in [4.69, 9.17) is 12.2 Å². The van der Waals surface area contributed by atoms with E-state index in [1.54, 1.807) is 0 Å². The largest absolute Gasteiger partial charge is 0.352 e. The lowest BCUT2D eigenvalue weighted by molar-refractivity contribution is -0.116. The Morgan fingerprint density at radius 1 is 0.950 bits per heavy atom. The number of aromatic nitrogens is 2. The molecule has 2 N–H and O–H groups in total. The van der Waals surface area contributed by atoms with Crippen molar-refractivity contribution in [3.63, 3.8) is 0 Å². The summed E-state index contributed by atoms with van der Waals surface area (Å²) in [6.07, 6.45) is 2.13. The number of rotatable bonds is 7. The van der Waals surface area contributed by atoms with E-state index in [1.165, 1.54) is 22.4 Å². The summed E-state index contributed by atoms with van der Waals surface area (Å²) in [5.41, 5.74) is 11.1. The number of aryl methyl sites for hydroxylation is 5. The number of carbonyl (C=O) groups is 1. The second kappa shape index (κ2) is 11.3. The van der Waals surface area contributed by atoms with E-state index < -0.39 is 0 Å². The number of nitrogens with one attached hydrogen (secondary N) is 2. The molecule has 4 aromatic rings. The van der Waals surface area contributed by atoms with Crippen molar-refractivity contribution >= 4 is 28.9 Å². The van der Waals surface area contributed by atoms with E-state index >= 15 is 0 Å². The van der Waals surface area contributed by atoms with E-state index in [0.717, 1.165) is 33.9 Å². The van der Waals surface area contributed by atoms with Gasteiger partial charge in [0.05, 0.1) is 17.8 Å². The molecule has 206 valence electrons. The number of nitrogens with zero attached hydrogens (tertiary/aromatic N) is 3. The van der Waals surface area contributed by atoms with Gasteiger partial charge in [-0.2, -0.15) is 0 Å². The van der Waals surface area contributed by atoms with Crippen LogP contribution < -0.4 is 10.6 Å². The Balaban J connectivity index is 1.49. The third-order valence-corrected chi connectivity index (χ3v) is 8.19. The lowest BCUT2D eigenvalue weighted by Crippen LogP contribution is -2.33. The molecule has 0 bridgehead atoms. The molecule has 6 nitrogen and oxygen atoms in total. The second-order valence-corrected chi connectivity index (χ2v) is 11.3. The van der Waals surface area contributed by atoms with Crippen LogP contribution in [-0.4, -0.2) is 32.0 Å². The SMILES string of the molecule is Cc1ccc(C)c(NC(=O)CCN2C(=S)NC(c3ccccn3)C2c2cc(C)n(-c3cc(C)ccc3C)c2C)c1. The van der Waals surface area contributed by atoms with Crippen LogP contribution >= 0.6 is 12.2 Å². The van der Waals surface area contributed by atoms with Gasteiger partial charge >= 0.3 is 0 Å². The normalized spacial score (nSPS) is 16.8. The molecule has 1 aliphatic heterocycles. The fraction of sp³-hybridized carbons (Fsp3) is 0.303. The molecule has 1 fully saturated rings. The second-order valence-electron chi connectivity index (χ2n) is 10.9. The molecule has 1 aliphatic rings. The molecule has 5 rings (SSSR count). The smallest absolute Gasteiger partial charge is 0.226 e. The van der Waals surface area contributed by atoms with E-state index in [9.17, 15) is 4.79 Å². The van der Waals surface area contributed by atoms with E-state index in [1.807, 2.05) is 50.4 Å². The number of amides is 1. The number of hydrogen-bond donors (Lipinski definition) is 2.